The van der Waals surface area contributed by atoms with Crippen LogP contribution in [0, 0.1) is 0 Å². The van der Waals surface area contributed by atoms with Crippen LogP contribution in [0.4, 0.5) is 0 Å². The van der Waals surface area contributed by atoms with E-state index >= 15 is 0 Å². The third kappa shape index (κ3) is 5.92. The molecule has 0 aliphatic carbocycles. The third-order valence-corrected chi connectivity index (χ3v) is 1.03. The summed E-state index contributed by atoms with van der Waals surface area (Å²) in [4.78, 5) is 8.56. The highest BCUT2D eigenvalue weighted by atomic mass is 31.2. The highest BCUT2D eigenvalue weighted by Gasteiger charge is 1.88. The number of hydrogen-bond acceptors (Lipinski definition) is 3. The smallest absolute Gasteiger partial charge is 0.124 e. The quantitative estimate of drug-likeness (QED) is 0.414. The van der Waals surface area contributed by atoms with E-state index in [9.17, 15) is 0 Å². The molecule has 7 heavy (non-hydrogen) atoms. The van der Waals surface area contributed by atoms with Crippen LogP contribution < -0.4 is 11.0 Å². The fraction of sp³-hybridized carbons (Fsp3) is 0. The molecule has 0 unspecified atom stereocenters. The molecule has 0 saturated carbocycles. The molecule has 3 nitrogen and oxygen atoms in total. The zero-order valence-electron chi connectivity index (χ0n) is 3.91. The van der Waals surface area contributed by atoms with Crippen molar-refractivity contribution in [3.63, 3.8) is 0 Å². The monoisotopic (exact) mass is 120 g/mol. The van der Waals surface area contributed by atoms with Crippen molar-refractivity contribution in [3.8, 4) is 0 Å². The Morgan fingerprint density at radius 1 is 1.57 bits per heavy atom. The van der Waals surface area contributed by atoms with Gasteiger partial charge in [0, 0.05) is 0 Å². The lowest BCUT2D eigenvalue weighted by molar-refractivity contribution is 0.622. The van der Waals surface area contributed by atoms with Crippen molar-refractivity contribution in [2.75, 3.05) is 0 Å². The molecule has 0 radical (unpaired) electrons. The fourth-order valence-electron chi connectivity index (χ4n) is 0.169. The van der Waals surface area contributed by atoms with Crippen molar-refractivity contribution >= 4 is 13.2 Å². The summed E-state index contributed by atoms with van der Waals surface area (Å²) in [6.45, 7) is 3.30. The average molecular weight is 120 g/mol. The van der Waals surface area contributed by atoms with Crippen molar-refractivity contribution < 1.29 is 4.89 Å². The van der Waals surface area contributed by atoms with Gasteiger partial charge in [0.1, 0.15) is 7.41 Å². The molecule has 0 heterocycles. The number of nitrogens with two attached hydrogens (primary N) is 2. The third-order valence-electron chi connectivity index (χ3n) is 0.344. The second-order valence-corrected chi connectivity index (χ2v) is 3.06. The average Bonchev–Trinajstić information content (AvgIpc) is 1.30. The SMILES string of the molecule is C=CC=P(N)(N)O. The van der Waals surface area contributed by atoms with E-state index in [0.717, 1.165) is 0 Å². The number of rotatable bonds is 1. The van der Waals surface area contributed by atoms with Crippen LogP contribution in [0.3, 0.4) is 0 Å². The van der Waals surface area contributed by atoms with Crippen LogP contribution in [0.25, 0.3) is 0 Å². The summed E-state index contributed by atoms with van der Waals surface area (Å²) in [7, 11) is -2.66. The van der Waals surface area contributed by atoms with Crippen molar-refractivity contribution in [3.05, 3.63) is 12.7 Å². The summed E-state index contributed by atoms with van der Waals surface area (Å²) in [6, 6.07) is 0. The van der Waals surface area contributed by atoms with Crippen molar-refractivity contribution in [2.45, 2.75) is 0 Å². The normalized spacial score (nSPS) is 10.7. The lowest BCUT2D eigenvalue weighted by Crippen LogP contribution is -2.05. The van der Waals surface area contributed by atoms with E-state index in [-0.39, 0.29) is 0 Å². The van der Waals surface area contributed by atoms with Gasteiger partial charge in [-0.1, -0.05) is 12.7 Å². The number of allylic oxidation sites excluding steroid dienone is 1. The highest BCUT2D eigenvalue weighted by molar-refractivity contribution is 7.65. The van der Waals surface area contributed by atoms with Crippen LogP contribution in [0.5, 0.6) is 0 Å². The van der Waals surface area contributed by atoms with Gasteiger partial charge in [0.25, 0.3) is 0 Å². The first-order chi connectivity index (χ1) is 3.06. The molecule has 42 valence electrons. The summed E-state index contributed by atoms with van der Waals surface area (Å²) in [6.07, 6.45) is 1.38. The summed E-state index contributed by atoms with van der Waals surface area (Å²) in [5, 5.41) is 0. The molecular weight excluding hydrogens is 111 g/mol. The Kier molecular flexibility index (Phi) is 2.26. The lowest BCUT2D eigenvalue weighted by Gasteiger charge is -2.00. The van der Waals surface area contributed by atoms with E-state index in [0.29, 0.717) is 0 Å². The fourth-order valence-corrected chi connectivity index (χ4v) is 0.507. The Balaban J connectivity index is 3.98. The first-order valence-corrected chi connectivity index (χ1v) is 3.67. The summed E-state index contributed by atoms with van der Waals surface area (Å²) < 4.78 is 0. The molecule has 0 rings (SSSR count). The predicted molar refractivity (Wildman–Crippen MR) is 33.8 cm³/mol. The minimum Gasteiger partial charge on any atom is -0.351 e. The van der Waals surface area contributed by atoms with Crippen LogP contribution in [0.2, 0.25) is 0 Å². The molecule has 4 heteroatoms. The van der Waals surface area contributed by atoms with Crippen molar-refractivity contribution in [1.29, 1.82) is 0 Å². The van der Waals surface area contributed by atoms with Gasteiger partial charge in [-0.2, -0.15) is 0 Å². The van der Waals surface area contributed by atoms with E-state index in [1.54, 1.807) is 0 Å². The standard InChI is InChI=1S/C3H9N2OP/c1-2-3-7(4,5)6/h2-3,6H,1,4-5H2. The Morgan fingerprint density at radius 3 is 2.00 bits per heavy atom. The van der Waals surface area contributed by atoms with Gasteiger partial charge in [0.15, 0.2) is 0 Å². The minimum atomic E-state index is -2.66. The lowest BCUT2D eigenvalue weighted by atomic mass is 10.8. The molecule has 0 aliphatic rings. The topological polar surface area (TPSA) is 72.3 Å². The zero-order valence-corrected chi connectivity index (χ0v) is 4.81. The van der Waals surface area contributed by atoms with Gasteiger partial charge >= 0.3 is 0 Å². The Bertz CT molecular complexity index is 106. The molecule has 0 spiro atoms. The van der Waals surface area contributed by atoms with E-state index in [2.05, 4.69) is 6.58 Å². The maximum Gasteiger partial charge on any atom is 0.124 e. The molecular formula is C3H9N2OP. The van der Waals surface area contributed by atoms with Gasteiger partial charge in [0.2, 0.25) is 0 Å². The summed E-state index contributed by atoms with van der Waals surface area (Å²) in [5.41, 5.74) is 9.93. The first kappa shape index (κ1) is 6.92. The van der Waals surface area contributed by atoms with Gasteiger partial charge in [-0.25, -0.2) is 0 Å². The summed E-state index contributed by atoms with van der Waals surface area (Å²) in [5.74, 6) is 1.30. The molecule has 0 atom stereocenters. The number of hydrogen-bond donors (Lipinski definition) is 3. The Hall–Kier alpha value is -0.0800. The summed E-state index contributed by atoms with van der Waals surface area (Å²) >= 11 is 0. The van der Waals surface area contributed by atoms with Crippen LogP contribution >= 0.6 is 7.41 Å². The Labute approximate surface area is 42.8 Å². The molecule has 0 bridgehead atoms. The minimum absolute atomic E-state index is 1.30. The molecule has 0 aromatic carbocycles. The largest absolute Gasteiger partial charge is 0.351 e. The molecule has 5 N–H and O–H groups in total. The zero-order chi connectivity index (χ0) is 5.91. The van der Waals surface area contributed by atoms with Crippen LogP contribution in [-0.2, 0) is 0 Å². The van der Waals surface area contributed by atoms with Gasteiger partial charge in [-0.05, 0) is 5.80 Å². The molecule has 0 aromatic heterocycles. The van der Waals surface area contributed by atoms with E-state index in [4.69, 9.17) is 15.9 Å². The van der Waals surface area contributed by atoms with Crippen LogP contribution in [0.1, 0.15) is 0 Å². The molecule has 0 aromatic rings. The van der Waals surface area contributed by atoms with Gasteiger partial charge in [-0.15, -0.1) is 0 Å². The maximum absolute atomic E-state index is 8.56. The predicted octanol–water partition coefficient (Wildman–Crippen LogP) is -0.353. The van der Waals surface area contributed by atoms with Crippen molar-refractivity contribution in [1.82, 2.24) is 0 Å². The van der Waals surface area contributed by atoms with Gasteiger partial charge in [-0.3, -0.25) is 11.0 Å². The molecule has 0 amide bonds. The van der Waals surface area contributed by atoms with Crippen LogP contribution in [-0.4, -0.2) is 10.7 Å². The van der Waals surface area contributed by atoms with Gasteiger partial charge < -0.3 is 4.89 Å². The Morgan fingerprint density at radius 2 is 2.00 bits per heavy atom. The molecule has 0 aliphatic heterocycles. The molecule has 0 fully saturated rings. The van der Waals surface area contributed by atoms with Crippen LogP contribution in [0.15, 0.2) is 12.7 Å². The van der Waals surface area contributed by atoms with Gasteiger partial charge in [0.05, 0.1) is 0 Å². The van der Waals surface area contributed by atoms with E-state index in [1.807, 2.05) is 0 Å². The molecule has 0 saturated heterocycles. The van der Waals surface area contributed by atoms with Crippen molar-refractivity contribution in [2.24, 2.45) is 11.0 Å². The first-order valence-electron chi connectivity index (χ1n) is 1.72. The highest BCUT2D eigenvalue weighted by Crippen LogP contribution is 2.17. The van der Waals surface area contributed by atoms with E-state index < -0.39 is 7.41 Å². The maximum atomic E-state index is 8.56. The second-order valence-electron chi connectivity index (χ2n) is 1.18. The second kappa shape index (κ2) is 2.28. The van der Waals surface area contributed by atoms with E-state index in [1.165, 1.54) is 11.9 Å².